The molecule has 0 aliphatic heterocycles. The highest BCUT2D eigenvalue weighted by atomic mass is 35.5. The van der Waals surface area contributed by atoms with Gasteiger partial charge in [0, 0.05) is 5.56 Å². The van der Waals surface area contributed by atoms with Gasteiger partial charge in [-0.05, 0) is 29.8 Å². The normalized spacial score (nSPS) is 10.4. The van der Waals surface area contributed by atoms with E-state index >= 15 is 0 Å². The topological polar surface area (TPSA) is 111 Å². The first kappa shape index (κ1) is 21.4. The molecule has 2 aromatic rings. The minimum Gasteiger partial charge on any atom is -0.545 e. The summed E-state index contributed by atoms with van der Waals surface area (Å²) in [5.41, 5.74) is -0.0986. The van der Waals surface area contributed by atoms with Gasteiger partial charge in [-0.3, -0.25) is 4.79 Å². The number of carbonyl (C=O) groups is 2. The van der Waals surface area contributed by atoms with Crippen molar-refractivity contribution in [3.63, 3.8) is 0 Å². The van der Waals surface area contributed by atoms with Crippen molar-refractivity contribution in [2.75, 3.05) is 19.0 Å². The van der Waals surface area contributed by atoms with Crippen LogP contribution in [0.4, 0.5) is 5.69 Å². The molecule has 2 rings (SSSR count). The molecule has 146 valence electrons. The Balaban J connectivity index is 2.36. The van der Waals surface area contributed by atoms with Crippen molar-refractivity contribution in [2.24, 2.45) is 0 Å². The molecule has 2 aromatic carbocycles. The van der Waals surface area contributed by atoms with Crippen molar-refractivity contribution in [3.8, 4) is 29.9 Å². The summed E-state index contributed by atoms with van der Waals surface area (Å²) in [6, 6.07) is 10.4. The number of halogens is 1. The Kier molecular flexibility index (Phi) is 7.25. The molecule has 0 heterocycles. The Hall–Kier alpha value is -3.94. The molecule has 0 atom stereocenters. The molecule has 0 aliphatic carbocycles. The van der Waals surface area contributed by atoms with E-state index in [9.17, 15) is 20.0 Å². The average Bonchev–Trinajstić information content (AvgIpc) is 2.70. The molecule has 0 saturated heterocycles. The summed E-state index contributed by atoms with van der Waals surface area (Å²) in [5, 5.41) is 23.1. The van der Waals surface area contributed by atoms with E-state index in [1.807, 2.05) is 0 Å². The maximum absolute atomic E-state index is 12.4. The lowest BCUT2D eigenvalue weighted by atomic mass is 10.1. The van der Waals surface area contributed by atoms with Crippen LogP contribution in [0.15, 0.2) is 42.0 Å². The quantitative estimate of drug-likeness (QED) is 0.426. The molecule has 0 unspecified atom stereocenters. The van der Waals surface area contributed by atoms with Crippen molar-refractivity contribution >= 4 is 35.2 Å². The Labute approximate surface area is 172 Å². The first-order valence-corrected chi connectivity index (χ1v) is 8.46. The maximum atomic E-state index is 12.4. The summed E-state index contributed by atoms with van der Waals surface area (Å²) >= 11 is 6.18. The van der Waals surface area contributed by atoms with Crippen molar-refractivity contribution in [2.45, 2.75) is 0 Å². The number of anilines is 1. The molecule has 0 radical (unpaired) electrons. The predicted octanol–water partition coefficient (Wildman–Crippen LogP) is 2.27. The highest BCUT2D eigenvalue weighted by Crippen LogP contribution is 2.37. The van der Waals surface area contributed by atoms with Gasteiger partial charge in [0.05, 0.1) is 23.8 Å². The Morgan fingerprint density at radius 1 is 1.34 bits per heavy atom. The standard InChI is InChI=1S/C21H15ClN2O5/c1-3-8-29-19-16(22)10-13(11-18(19)28-2)9-14(12-23)20(25)24-17-7-5-4-6-15(17)21(26)27/h1,4-7,9-11H,8H2,2H3,(H,24,25)(H,26,27)/p-1/b14-9+. The minimum atomic E-state index is -1.46. The SMILES string of the molecule is C#CCOc1c(Cl)cc(/C=C(\C#N)C(=O)Nc2ccccc2C(=O)[O-])cc1OC. The van der Waals surface area contributed by atoms with Crippen molar-refractivity contribution in [3.05, 3.63) is 58.1 Å². The third kappa shape index (κ3) is 5.29. The molecule has 1 N–H and O–H groups in total. The van der Waals surface area contributed by atoms with Gasteiger partial charge in [0.15, 0.2) is 11.5 Å². The van der Waals surface area contributed by atoms with E-state index in [0.29, 0.717) is 5.56 Å². The van der Waals surface area contributed by atoms with Gasteiger partial charge in [-0.25, -0.2) is 0 Å². The second-order valence-electron chi connectivity index (χ2n) is 5.48. The number of methoxy groups -OCH3 is 1. The summed E-state index contributed by atoms with van der Waals surface area (Å²) in [6.07, 6.45) is 6.44. The zero-order valence-electron chi connectivity index (χ0n) is 15.2. The molecule has 0 bridgehead atoms. The molecule has 0 spiro atoms. The number of para-hydroxylation sites is 1. The van der Waals surface area contributed by atoms with E-state index in [-0.39, 0.29) is 40.0 Å². The number of carboxylic acids is 1. The zero-order chi connectivity index (χ0) is 21.4. The molecule has 1 amide bonds. The number of nitrogens with one attached hydrogen (secondary N) is 1. The molecule has 0 aromatic heterocycles. The van der Waals surface area contributed by atoms with Crippen molar-refractivity contribution in [1.82, 2.24) is 0 Å². The number of benzene rings is 2. The number of nitriles is 1. The van der Waals surface area contributed by atoms with Gasteiger partial charge in [-0.2, -0.15) is 5.26 Å². The van der Waals surface area contributed by atoms with Crippen LogP contribution in [0.2, 0.25) is 5.02 Å². The largest absolute Gasteiger partial charge is 0.545 e. The molecule has 8 heteroatoms. The summed E-state index contributed by atoms with van der Waals surface area (Å²) in [6.45, 7) is -0.0189. The number of hydrogen-bond donors (Lipinski definition) is 1. The van der Waals surface area contributed by atoms with Gasteiger partial charge >= 0.3 is 0 Å². The molecular formula is C21H14ClN2O5-. The summed E-state index contributed by atoms with van der Waals surface area (Å²) in [4.78, 5) is 23.6. The first-order valence-electron chi connectivity index (χ1n) is 8.08. The monoisotopic (exact) mass is 409 g/mol. The van der Waals surface area contributed by atoms with Crippen molar-refractivity contribution < 1.29 is 24.2 Å². The summed E-state index contributed by atoms with van der Waals surface area (Å²) in [7, 11) is 1.40. The van der Waals surface area contributed by atoms with E-state index < -0.39 is 11.9 Å². The Morgan fingerprint density at radius 3 is 2.69 bits per heavy atom. The van der Waals surface area contributed by atoms with Gasteiger partial charge in [0.25, 0.3) is 5.91 Å². The van der Waals surface area contributed by atoms with E-state index in [1.54, 1.807) is 6.07 Å². The molecule has 0 aliphatic rings. The minimum absolute atomic E-state index is 0.00676. The fourth-order valence-corrected chi connectivity index (χ4v) is 2.63. The Morgan fingerprint density at radius 2 is 2.07 bits per heavy atom. The number of hydrogen-bond acceptors (Lipinski definition) is 6. The van der Waals surface area contributed by atoms with Crippen LogP contribution in [0.3, 0.4) is 0 Å². The van der Waals surface area contributed by atoms with E-state index in [0.717, 1.165) is 0 Å². The second-order valence-corrected chi connectivity index (χ2v) is 5.89. The Bertz CT molecular complexity index is 1060. The molecule has 29 heavy (non-hydrogen) atoms. The van der Waals surface area contributed by atoms with Gasteiger partial charge in [-0.1, -0.05) is 35.7 Å². The van der Waals surface area contributed by atoms with Crippen LogP contribution in [0.25, 0.3) is 6.08 Å². The lowest BCUT2D eigenvalue weighted by molar-refractivity contribution is -0.254. The second kappa shape index (κ2) is 9.84. The molecule has 0 fully saturated rings. The highest BCUT2D eigenvalue weighted by Gasteiger charge is 2.15. The average molecular weight is 410 g/mol. The summed E-state index contributed by atoms with van der Waals surface area (Å²) in [5.74, 6) is 0.547. The van der Waals surface area contributed by atoms with Crippen LogP contribution in [0.5, 0.6) is 11.5 Å². The van der Waals surface area contributed by atoms with Crippen LogP contribution in [0, 0.1) is 23.7 Å². The van der Waals surface area contributed by atoms with Gasteiger partial charge in [0.1, 0.15) is 18.2 Å². The molecule has 7 nitrogen and oxygen atoms in total. The number of rotatable bonds is 7. The van der Waals surface area contributed by atoms with E-state index in [4.69, 9.17) is 27.5 Å². The zero-order valence-corrected chi connectivity index (χ0v) is 15.9. The smallest absolute Gasteiger partial charge is 0.266 e. The number of amides is 1. The first-order chi connectivity index (χ1) is 13.9. The number of carbonyl (C=O) groups excluding carboxylic acids is 2. The molecule has 0 saturated carbocycles. The number of aromatic carboxylic acids is 1. The van der Waals surface area contributed by atoms with Gasteiger partial charge < -0.3 is 24.7 Å². The number of ether oxygens (including phenoxy) is 2. The van der Waals surface area contributed by atoms with E-state index in [1.165, 1.54) is 49.6 Å². The lowest BCUT2D eigenvalue weighted by Crippen LogP contribution is -2.25. The van der Waals surface area contributed by atoms with Crippen molar-refractivity contribution in [1.29, 1.82) is 5.26 Å². The van der Waals surface area contributed by atoms with Crippen LogP contribution in [-0.2, 0) is 4.79 Å². The van der Waals surface area contributed by atoms with Crippen LogP contribution in [-0.4, -0.2) is 25.6 Å². The van der Waals surface area contributed by atoms with E-state index in [2.05, 4.69) is 11.2 Å². The number of nitrogens with zero attached hydrogens (tertiary/aromatic N) is 1. The lowest BCUT2D eigenvalue weighted by Gasteiger charge is -2.12. The third-order valence-corrected chi connectivity index (χ3v) is 3.90. The fourth-order valence-electron chi connectivity index (χ4n) is 2.35. The predicted molar refractivity (Wildman–Crippen MR) is 105 cm³/mol. The van der Waals surface area contributed by atoms with Gasteiger partial charge in [-0.15, -0.1) is 6.42 Å². The van der Waals surface area contributed by atoms with Crippen LogP contribution in [0.1, 0.15) is 15.9 Å². The number of terminal acetylenes is 1. The number of carboxylic acid groups (broad SMARTS) is 1. The summed E-state index contributed by atoms with van der Waals surface area (Å²) < 4.78 is 10.6. The maximum Gasteiger partial charge on any atom is 0.266 e. The van der Waals surface area contributed by atoms with Crippen LogP contribution >= 0.6 is 11.6 Å². The third-order valence-electron chi connectivity index (χ3n) is 3.62. The van der Waals surface area contributed by atoms with Crippen LogP contribution < -0.4 is 19.9 Å². The van der Waals surface area contributed by atoms with Gasteiger partial charge in [0.2, 0.25) is 0 Å². The highest BCUT2D eigenvalue weighted by molar-refractivity contribution is 6.32. The fraction of sp³-hybridized carbons (Fsp3) is 0.0952. The molecular weight excluding hydrogens is 396 g/mol.